The van der Waals surface area contributed by atoms with Gasteiger partial charge in [0.15, 0.2) is 18.1 Å². The number of hydrogen-bond donors (Lipinski definition) is 2. The molecule has 0 radical (unpaired) electrons. The van der Waals surface area contributed by atoms with Gasteiger partial charge in [-0.25, -0.2) is 4.79 Å². The highest BCUT2D eigenvalue weighted by atomic mass is 35.5. The Morgan fingerprint density at radius 3 is 2.69 bits per heavy atom. The van der Waals surface area contributed by atoms with Crippen molar-refractivity contribution in [1.82, 2.24) is 9.97 Å². The van der Waals surface area contributed by atoms with Crippen molar-refractivity contribution in [3.8, 4) is 17.4 Å². The molecule has 12 heteroatoms. The van der Waals surface area contributed by atoms with Crippen molar-refractivity contribution in [3.05, 3.63) is 49.0 Å². The average molecular weight is 426 g/mol. The minimum Gasteiger partial charge on any atom is -0.490 e. The topological polar surface area (TPSA) is 154 Å². The van der Waals surface area contributed by atoms with Gasteiger partial charge in [0, 0.05) is 0 Å². The van der Waals surface area contributed by atoms with Crippen LogP contribution in [-0.4, -0.2) is 46.3 Å². The fraction of sp³-hybridized carbons (Fsp3) is 0.235. The van der Waals surface area contributed by atoms with Crippen LogP contribution in [0.5, 0.6) is 17.4 Å². The van der Waals surface area contributed by atoms with E-state index in [1.165, 1.54) is 25.3 Å². The summed E-state index contributed by atoms with van der Waals surface area (Å²) in [6, 6.07) is 3.05. The SMILES string of the molecule is CCOc1cc(/C=C/c2nc(O)c([N+](=O)[O-])c(=O)[nH]2)cc(Cl)c1OCC(=O)OC. The van der Waals surface area contributed by atoms with Crippen molar-refractivity contribution in [3.63, 3.8) is 0 Å². The predicted molar refractivity (Wildman–Crippen MR) is 102 cm³/mol. The average Bonchev–Trinajstić information content (AvgIpc) is 2.64. The van der Waals surface area contributed by atoms with Gasteiger partial charge >= 0.3 is 17.2 Å². The van der Waals surface area contributed by atoms with Crippen molar-refractivity contribution < 1.29 is 29.0 Å². The number of rotatable bonds is 8. The number of halogens is 1. The maximum absolute atomic E-state index is 11.7. The Morgan fingerprint density at radius 1 is 1.38 bits per heavy atom. The molecule has 0 saturated heterocycles. The number of aromatic hydroxyl groups is 1. The second-order valence-corrected chi connectivity index (χ2v) is 5.75. The normalized spacial score (nSPS) is 10.7. The molecular weight excluding hydrogens is 410 g/mol. The van der Waals surface area contributed by atoms with Crippen LogP contribution >= 0.6 is 11.6 Å². The predicted octanol–water partition coefficient (Wildman–Crippen LogP) is 2.16. The van der Waals surface area contributed by atoms with Gasteiger partial charge in [0.05, 0.1) is 23.7 Å². The Bertz CT molecular complexity index is 1020. The Balaban J connectivity index is 2.34. The third kappa shape index (κ3) is 5.45. The standard InChI is InChI=1S/C17H16ClN3O8/c1-3-28-11-7-9(6-10(18)15(11)29-8-13(22)27-2)4-5-12-19-16(23)14(21(25)26)17(24)20-12/h4-7H,3,8H2,1-2H3,(H2,19,20,23,24)/b5-4+. The van der Waals surface area contributed by atoms with Crippen LogP contribution in [0.4, 0.5) is 5.69 Å². The summed E-state index contributed by atoms with van der Waals surface area (Å²) < 4.78 is 15.3. The number of nitro groups is 1. The van der Waals surface area contributed by atoms with E-state index in [0.29, 0.717) is 12.2 Å². The largest absolute Gasteiger partial charge is 0.490 e. The Labute approximate surface area is 168 Å². The Morgan fingerprint density at radius 2 is 2.10 bits per heavy atom. The van der Waals surface area contributed by atoms with Crippen molar-refractivity contribution in [2.45, 2.75) is 6.92 Å². The van der Waals surface area contributed by atoms with E-state index in [9.17, 15) is 24.8 Å². The van der Waals surface area contributed by atoms with Crippen molar-refractivity contribution in [1.29, 1.82) is 0 Å². The lowest BCUT2D eigenvalue weighted by molar-refractivity contribution is -0.387. The fourth-order valence-corrected chi connectivity index (χ4v) is 2.44. The molecule has 0 aliphatic rings. The van der Waals surface area contributed by atoms with Gasteiger partial charge in [0.25, 0.3) is 5.88 Å². The molecule has 2 rings (SSSR count). The van der Waals surface area contributed by atoms with Crippen LogP contribution in [0.15, 0.2) is 16.9 Å². The fourth-order valence-electron chi connectivity index (χ4n) is 2.17. The molecule has 0 aliphatic heterocycles. The van der Waals surface area contributed by atoms with Gasteiger partial charge in [0.1, 0.15) is 5.82 Å². The van der Waals surface area contributed by atoms with Crippen molar-refractivity contribution in [2.75, 3.05) is 20.3 Å². The lowest BCUT2D eigenvalue weighted by Gasteiger charge is -2.13. The van der Waals surface area contributed by atoms with Crippen molar-refractivity contribution >= 4 is 35.4 Å². The van der Waals surface area contributed by atoms with Gasteiger partial charge in [-0.15, -0.1) is 0 Å². The number of nitrogens with zero attached hydrogens (tertiary/aromatic N) is 2. The van der Waals surface area contributed by atoms with Gasteiger partial charge < -0.3 is 24.3 Å². The quantitative estimate of drug-likeness (QED) is 0.367. The zero-order chi connectivity index (χ0) is 21.6. The van der Waals surface area contributed by atoms with Gasteiger partial charge in [-0.1, -0.05) is 17.7 Å². The van der Waals surface area contributed by atoms with Gasteiger partial charge in [-0.2, -0.15) is 4.98 Å². The summed E-state index contributed by atoms with van der Waals surface area (Å²) in [7, 11) is 1.22. The summed E-state index contributed by atoms with van der Waals surface area (Å²) in [5, 5.41) is 20.4. The second-order valence-electron chi connectivity index (χ2n) is 5.34. The molecule has 2 N–H and O–H groups in total. The molecule has 154 valence electrons. The van der Waals surface area contributed by atoms with Crippen LogP contribution < -0.4 is 15.0 Å². The molecule has 0 saturated carbocycles. The lowest BCUT2D eigenvalue weighted by Crippen LogP contribution is -2.14. The van der Waals surface area contributed by atoms with Crippen molar-refractivity contribution in [2.24, 2.45) is 0 Å². The first-order chi connectivity index (χ1) is 13.8. The summed E-state index contributed by atoms with van der Waals surface area (Å²) in [5.74, 6) is -1.30. The minimum atomic E-state index is -1.10. The molecule has 1 aromatic carbocycles. The van der Waals surface area contributed by atoms with Gasteiger partial charge in [-0.05, 0) is 30.7 Å². The number of carbonyl (C=O) groups excluding carboxylic acids is 1. The second kappa shape index (κ2) is 9.55. The van der Waals surface area contributed by atoms with Crippen LogP contribution in [0.25, 0.3) is 12.2 Å². The summed E-state index contributed by atoms with van der Waals surface area (Å²) in [5.41, 5.74) is -1.64. The molecule has 1 heterocycles. The molecule has 0 fully saturated rings. The van der Waals surface area contributed by atoms with Crippen LogP contribution in [0, 0.1) is 10.1 Å². The van der Waals surface area contributed by atoms with Crippen LogP contribution in [-0.2, 0) is 9.53 Å². The number of aromatic nitrogens is 2. The number of nitrogens with one attached hydrogen (secondary N) is 1. The van der Waals surface area contributed by atoms with Gasteiger partial charge in [-0.3, -0.25) is 14.9 Å². The number of carbonyl (C=O) groups is 1. The van der Waals surface area contributed by atoms with E-state index in [0.717, 1.165) is 0 Å². The first kappa shape index (κ1) is 21.7. The highest BCUT2D eigenvalue weighted by Crippen LogP contribution is 2.37. The molecule has 29 heavy (non-hydrogen) atoms. The molecule has 0 bridgehead atoms. The summed E-state index contributed by atoms with van der Waals surface area (Å²) in [6.45, 7) is 1.68. The third-order valence-electron chi connectivity index (χ3n) is 3.40. The maximum atomic E-state index is 11.7. The molecule has 0 spiro atoms. The number of hydrogen-bond acceptors (Lipinski definition) is 9. The zero-order valence-electron chi connectivity index (χ0n) is 15.3. The molecule has 2 aromatic rings. The maximum Gasteiger partial charge on any atom is 0.395 e. The monoisotopic (exact) mass is 425 g/mol. The van der Waals surface area contributed by atoms with E-state index in [1.54, 1.807) is 13.0 Å². The van der Waals surface area contributed by atoms with Crippen LogP contribution in [0.3, 0.4) is 0 Å². The first-order valence-corrected chi connectivity index (χ1v) is 8.46. The smallest absolute Gasteiger partial charge is 0.395 e. The lowest BCUT2D eigenvalue weighted by atomic mass is 10.2. The number of ether oxygens (including phenoxy) is 3. The number of esters is 1. The van der Waals surface area contributed by atoms with E-state index in [1.807, 2.05) is 0 Å². The van der Waals surface area contributed by atoms with E-state index in [4.69, 9.17) is 21.1 Å². The Kier molecular flexibility index (Phi) is 7.15. The first-order valence-electron chi connectivity index (χ1n) is 8.08. The molecule has 0 atom stereocenters. The number of benzene rings is 1. The highest BCUT2D eigenvalue weighted by molar-refractivity contribution is 6.32. The molecule has 11 nitrogen and oxygen atoms in total. The molecule has 0 unspecified atom stereocenters. The summed E-state index contributed by atoms with van der Waals surface area (Å²) >= 11 is 6.21. The number of aromatic amines is 1. The summed E-state index contributed by atoms with van der Waals surface area (Å²) in [4.78, 5) is 38.4. The van der Waals surface area contributed by atoms with E-state index >= 15 is 0 Å². The third-order valence-corrected chi connectivity index (χ3v) is 3.69. The molecule has 0 aliphatic carbocycles. The van der Waals surface area contributed by atoms with Crippen LogP contribution in [0.1, 0.15) is 18.3 Å². The molecule has 0 amide bonds. The van der Waals surface area contributed by atoms with E-state index < -0.39 is 28.0 Å². The zero-order valence-corrected chi connectivity index (χ0v) is 16.1. The summed E-state index contributed by atoms with van der Waals surface area (Å²) in [6.07, 6.45) is 2.78. The molecule has 1 aromatic heterocycles. The minimum absolute atomic E-state index is 0.113. The van der Waals surface area contributed by atoms with E-state index in [2.05, 4.69) is 14.7 Å². The van der Waals surface area contributed by atoms with Gasteiger partial charge in [0.2, 0.25) is 0 Å². The number of methoxy groups -OCH3 is 1. The highest BCUT2D eigenvalue weighted by Gasteiger charge is 2.21. The number of H-pyrrole nitrogens is 1. The molecular formula is C17H16ClN3O8. The van der Waals surface area contributed by atoms with Crippen LogP contribution in [0.2, 0.25) is 5.02 Å². The Hall–Kier alpha value is -3.60. The van der Waals surface area contributed by atoms with E-state index in [-0.39, 0.29) is 29.0 Å².